The van der Waals surface area contributed by atoms with Gasteiger partial charge in [0.25, 0.3) is 0 Å². The number of hydrogen-bond donors (Lipinski definition) is 0. The molecule has 0 spiro atoms. The fourth-order valence-electron chi connectivity index (χ4n) is 3.04. The highest BCUT2D eigenvalue weighted by Crippen LogP contribution is 2.36. The average molecular weight is 555 g/mol. The third kappa shape index (κ3) is 4.28. The van der Waals surface area contributed by atoms with Crippen LogP contribution < -0.4 is 0 Å². The Morgan fingerprint density at radius 1 is 1.07 bits per heavy atom. The van der Waals surface area contributed by atoms with Crippen molar-refractivity contribution < 1.29 is 8.42 Å². The Bertz CT molecular complexity index is 1300. The van der Waals surface area contributed by atoms with Crippen LogP contribution >= 0.6 is 45.5 Å². The summed E-state index contributed by atoms with van der Waals surface area (Å²) in [5.41, 5.74) is 3.96. The van der Waals surface area contributed by atoms with Crippen molar-refractivity contribution in [2.45, 2.75) is 9.32 Å². The molecule has 0 fully saturated rings. The number of alkyl halides is 1. The van der Waals surface area contributed by atoms with E-state index in [9.17, 15) is 8.42 Å². The highest BCUT2D eigenvalue weighted by atomic mass is 127. The predicted molar refractivity (Wildman–Crippen MR) is 128 cm³/mol. The molecule has 0 aliphatic rings. The molecule has 0 radical (unpaired) electrons. The van der Waals surface area contributed by atoms with E-state index in [0.29, 0.717) is 9.92 Å². The molecule has 0 amide bonds. The molecule has 4 nitrogen and oxygen atoms in total. The Balaban J connectivity index is 1.77. The smallest absolute Gasteiger partial charge is 0.175 e. The molecular weight excluding hydrogens is 539 g/mol. The summed E-state index contributed by atoms with van der Waals surface area (Å²) in [5.74, 6) is 0. The minimum absolute atomic E-state index is 0.320. The van der Waals surface area contributed by atoms with E-state index in [-0.39, 0.29) is 0 Å². The van der Waals surface area contributed by atoms with Gasteiger partial charge in [0.15, 0.2) is 9.84 Å². The van der Waals surface area contributed by atoms with Gasteiger partial charge in [0.05, 0.1) is 27.4 Å². The Morgan fingerprint density at radius 2 is 1.86 bits per heavy atom. The van der Waals surface area contributed by atoms with E-state index in [1.54, 1.807) is 35.7 Å². The second kappa shape index (κ2) is 8.22. The van der Waals surface area contributed by atoms with Crippen molar-refractivity contribution in [1.29, 1.82) is 0 Å². The first-order valence-electron chi connectivity index (χ1n) is 8.66. The molecule has 0 aliphatic heterocycles. The number of benzene rings is 2. The molecule has 2 aromatic carbocycles. The molecule has 0 saturated carbocycles. The molecule has 0 bridgehead atoms. The van der Waals surface area contributed by atoms with Crippen molar-refractivity contribution in [2.24, 2.45) is 0 Å². The Kier molecular flexibility index (Phi) is 5.83. The summed E-state index contributed by atoms with van der Waals surface area (Å²) < 4.78 is 26.5. The van der Waals surface area contributed by atoms with Crippen LogP contribution in [-0.2, 0) is 14.3 Å². The maximum atomic E-state index is 11.9. The summed E-state index contributed by atoms with van der Waals surface area (Å²) in [6.45, 7) is 0. The highest BCUT2D eigenvalue weighted by molar-refractivity contribution is 14.1. The number of halogens is 2. The second-order valence-electron chi connectivity index (χ2n) is 6.50. The number of sulfone groups is 1. The van der Waals surface area contributed by atoms with E-state index < -0.39 is 9.84 Å². The van der Waals surface area contributed by atoms with Crippen LogP contribution in [0.3, 0.4) is 0 Å². The molecule has 2 aromatic heterocycles. The highest BCUT2D eigenvalue weighted by Gasteiger charge is 2.15. The van der Waals surface area contributed by atoms with Gasteiger partial charge in [-0.2, -0.15) is 5.10 Å². The molecule has 0 aliphatic carbocycles. The zero-order valence-corrected chi connectivity index (χ0v) is 19.9. The van der Waals surface area contributed by atoms with E-state index in [1.807, 2.05) is 47.1 Å². The SMILES string of the molecule is CS(=O)(=O)c1cccc(-c2ccc(-c3ccnn3-c3cc(Cl)ccc3CI)s2)c1. The monoisotopic (exact) mass is 554 g/mol. The van der Waals surface area contributed by atoms with E-state index in [2.05, 4.69) is 27.7 Å². The topological polar surface area (TPSA) is 52.0 Å². The van der Waals surface area contributed by atoms with E-state index in [4.69, 9.17) is 11.6 Å². The maximum absolute atomic E-state index is 11.9. The van der Waals surface area contributed by atoms with Crippen LogP contribution in [0.25, 0.3) is 26.7 Å². The zero-order chi connectivity index (χ0) is 20.6. The molecule has 0 saturated heterocycles. The lowest BCUT2D eigenvalue weighted by Gasteiger charge is -2.11. The summed E-state index contributed by atoms with van der Waals surface area (Å²) in [6.07, 6.45) is 3.00. The van der Waals surface area contributed by atoms with Crippen molar-refractivity contribution in [3.63, 3.8) is 0 Å². The van der Waals surface area contributed by atoms with Gasteiger partial charge in [0.2, 0.25) is 0 Å². The van der Waals surface area contributed by atoms with Crippen LogP contribution in [-0.4, -0.2) is 24.5 Å². The van der Waals surface area contributed by atoms with Crippen LogP contribution in [0.1, 0.15) is 5.56 Å². The number of hydrogen-bond acceptors (Lipinski definition) is 4. The standard InChI is InChI=1S/C21H16ClIN2O2S2/c1-29(26,27)17-4-2-3-14(11-17)20-7-8-21(28-20)18-9-10-24-25(18)19-12-16(22)6-5-15(19)13-23/h2-12H,13H2,1H3. The predicted octanol–water partition coefficient (Wildman–Crippen LogP) is 6.26. The van der Waals surface area contributed by atoms with Gasteiger partial charge in [-0.05, 0) is 53.6 Å². The summed E-state index contributed by atoms with van der Waals surface area (Å²) >= 11 is 10.2. The first-order valence-corrected chi connectivity index (χ1v) is 13.3. The lowest BCUT2D eigenvalue weighted by molar-refractivity contribution is 0.602. The van der Waals surface area contributed by atoms with Gasteiger partial charge in [-0.25, -0.2) is 13.1 Å². The van der Waals surface area contributed by atoms with E-state index in [1.165, 1.54) is 6.26 Å². The van der Waals surface area contributed by atoms with Gasteiger partial charge < -0.3 is 0 Å². The van der Waals surface area contributed by atoms with Crippen LogP contribution in [0.2, 0.25) is 5.02 Å². The normalized spacial score (nSPS) is 11.7. The van der Waals surface area contributed by atoms with E-state index in [0.717, 1.165) is 36.7 Å². The molecule has 8 heteroatoms. The van der Waals surface area contributed by atoms with Gasteiger partial charge in [-0.1, -0.05) is 52.4 Å². The Labute approximate surface area is 192 Å². The molecule has 2 heterocycles. The number of rotatable bonds is 5. The van der Waals surface area contributed by atoms with Crippen molar-refractivity contribution in [3.05, 3.63) is 77.4 Å². The molecule has 4 aromatic rings. The molecule has 0 unspecified atom stereocenters. The van der Waals surface area contributed by atoms with Crippen LogP contribution in [0.5, 0.6) is 0 Å². The molecule has 148 valence electrons. The molecule has 4 rings (SSSR count). The molecule has 29 heavy (non-hydrogen) atoms. The lowest BCUT2D eigenvalue weighted by atomic mass is 10.2. The minimum Gasteiger partial charge on any atom is -0.232 e. The average Bonchev–Trinajstić information content (AvgIpc) is 3.36. The largest absolute Gasteiger partial charge is 0.232 e. The molecule has 0 atom stereocenters. The fourth-order valence-corrected chi connectivity index (χ4v) is 5.53. The van der Waals surface area contributed by atoms with Gasteiger partial charge in [-0.15, -0.1) is 11.3 Å². The number of thiophene rings is 1. The van der Waals surface area contributed by atoms with Gasteiger partial charge >= 0.3 is 0 Å². The Hall–Kier alpha value is -1.68. The van der Waals surface area contributed by atoms with Crippen LogP contribution in [0.4, 0.5) is 0 Å². The van der Waals surface area contributed by atoms with Crippen LogP contribution in [0, 0.1) is 0 Å². The molecular formula is C21H16ClIN2O2S2. The van der Waals surface area contributed by atoms with E-state index >= 15 is 0 Å². The molecule has 0 N–H and O–H groups in total. The fraction of sp³-hybridized carbons (Fsp3) is 0.0952. The first kappa shape index (κ1) is 20.6. The van der Waals surface area contributed by atoms with Gasteiger partial charge in [-0.3, -0.25) is 0 Å². The van der Waals surface area contributed by atoms with Crippen molar-refractivity contribution in [2.75, 3.05) is 6.26 Å². The zero-order valence-electron chi connectivity index (χ0n) is 15.3. The van der Waals surface area contributed by atoms with Gasteiger partial charge in [0.1, 0.15) is 0 Å². The summed E-state index contributed by atoms with van der Waals surface area (Å²) in [5, 5.41) is 5.19. The van der Waals surface area contributed by atoms with Gasteiger partial charge in [0, 0.05) is 20.6 Å². The van der Waals surface area contributed by atoms with Crippen molar-refractivity contribution in [3.8, 4) is 26.7 Å². The maximum Gasteiger partial charge on any atom is 0.175 e. The first-order chi connectivity index (χ1) is 13.9. The third-order valence-corrected chi connectivity index (χ3v) is 7.79. The number of nitrogens with zero attached hydrogens (tertiary/aromatic N) is 2. The van der Waals surface area contributed by atoms with Crippen molar-refractivity contribution >= 4 is 55.4 Å². The Morgan fingerprint density at radius 3 is 2.62 bits per heavy atom. The van der Waals surface area contributed by atoms with Crippen molar-refractivity contribution in [1.82, 2.24) is 9.78 Å². The minimum atomic E-state index is -3.25. The lowest BCUT2D eigenvalue weighted by Crippen LogP contribution is -2.01. The summed E-state index contributed by atoms with van der Waals surface area (Å²) in [6, 6.07) is 18.9. The summed E-state index contributed by atoms with van der Waals surface area (Å²) in [7, 11) is -3.25. The quantitative estimate of drug-likeness (QED) is 0.216. The third-order valence-electron chi connectivity index (χ3n) is 4.47. The van der Waals surface area contributed by atoms with Crippen LogP contribution in [0.15, 0.2) is 71.8 Å². The summed E-state index contributed by atoms with van der Waals surface area (Å²) in [4.78, 5) is 2.36. The second-order valence-corrected chi connectivity index (χ2v) is 10.8. The number of aromatic nitrogens is 2.